The van der Waals surface area contributed by atoms with Crippen LogP contribution in [0.2, 0.25) is 5.02 Å². The minimum absolute atomic E-state index is 0.0772. The number of H-pyrrole nitrogens is 1. The highest BCUT2D eigenvalue weighted by Crippen LogP contribution is 2.21. The van der Waals surface area contributed by atoms with Crippen LogP contribution in [0.5, 0.6) is 0 Å². The van der Waals surface area contributed by atoms with E-state index < -0.39 is 11.4 Å². The second-order valence-electron chi connectivity index (χ2n) is 6.00. The number of carbonyl (C=O) groups is 1. The van der Waals surface area contributed by atoms with Crippen LogP contribution < -0.4 is 10.9 Å². The number of aryl methyl sites for hydroxylation is 1. The first-order valence-corrected chi connectivity index (χ1v) is 8.98. The summed E-state index contributed by atoms with van der Waals surface area (Å²) in [4.78, 5) is 30.9. The molecule has 0 saturated carbocycles. The predicted molar refractivity (Wildman–Crippen MR) is 102 cm³/mol. The van der Waals surface area contributed by atoms with E-state index in [2.05, 4.69) is 25.5 Å². The molecule has 0 aliphatic heterocycles. The number of halogens is 2. The third-order valence-corrected chi connectivity index (χ3v) is 4.27. The van der Waals surface area contributed by atoms with E-state index in [9.17, 15) is 14.0 Å². The number of pyridine rings is 1. The van der Waals surface area contributed by atoms with Gasteiger partial charge >= 0.3 is 0 Å². The van der Waals surface area contributed by atoms with Gasteiger partial charge in [0.2, 0.25) is 5.91 Å². The Hall–Kier alpha value is -3.13. The summed E-state index contributed by atoms with van der Waals surface area (Å²) in [6, 6.07) is 9.58. The molecule has 2 N–H and O–H groups in total. The van der Waals surface area contributed by atoms with Crippen LogP contribution in [-0.4, -0.2) is 32.6 Å². The van der Waals surface area contributed by atoms with Crippen molar-refractivity contribution in [3.63, 3.8) is 0 Å². The summed E-state index contributed by atoms with van der Waals surface area (Å²) in [5.41, 5.74) is 1.03. The van der Waals surface area contributed by atoms with Crippen molar-refractivity contribution >= 4 is 17.5 Å². The third kappa shape index (κ3) is 5.20. The first-order valence-electron chi connectivity index (χ1n) is 8.61. The van der Waals surface area contributed by atoms with Crippen molar-refractivity contribution in [1.82, 2.24) is 25.5 Å². The average molecular weight is 402 g/mol. The Labute approximate surface area is 165 Å². The Bertz CT molecular complexity index is 1030. The number of rotatable bonds is 7. The lowest BCUT2D eigenvalue weighted by Crippen LogP contribution is -2.27. The molecule has 0 radical (unpaired) electrons. The SMILES string of the molecule is O=C(CCc1nnc(-c2ccc(F)c(Cl)c2)[nH]c1=O)NCCc1ccccn1. The molecule has 28 heavy (non-hydrogen) atoms. The van der Waals surface area contributed by atoms with E-state index >= 15 is 0 Å². The van der Waals surface area contributed by atoms with Gasteiger partial charge in [0.25, 0.3) is 5.56 Å². The van der Waals surface area contributed by atoms with Gasteiger partial charge < -0.3 is 10.3 Å². The minimum Gasteiger partial charge on any atom is -0.356 e. The fourth-order valence-electron chi connectivity index (χ4n) is 2.49. The van der Waals surface area contributed by atoms with Gasteiger partial charge in [-0.05, 0) is 30.3 Å². The Balaban J connectivity index is 1.53. The molecule has 3 aromatic rings. The summed E-state index contributed by atoms with van der Waals surface area (Å²) in [5, 5.41) is 10.5. The van der Waals surface area contributed by atoms with Gasteiger partial charge in [-0.3, -0.25) is 14.6 Å². The number of hydrogen-bond donors (Lipinski definition) is 2. The molecule has 0 aliphatic rings. The van der Waals surface area contributed by atoms with Crippen molar-refractivity contribution in [2.45, 2.75) is 19.3 Å². The molecular weight excluding hydrogens is 385 g/mol. The molecule has 144 valence electrons. The van der Waals surface area contributed by atoms with E-state index in [0.717, 1.165) is 5.69 Å². The predicted octanol–water partition coefficient (Wildman–Crippen LogP) is 2.31. The summed E-state index contributed by atoms with van der Waals surface area (Å²) < 4.78 is 13.2. The third-order valence-electron chi connectivity index (χ3n) is 3.98. The number of aromatic nitrogens is 4. The Morgan fingerprint density at radius 2 is 2.04 bits per heavy atom. The fraction of sp³-hybridized carbons (Fsp3) is 0.211. The van der Waals surface area contributed by atoms with Crippen LogP contribution in [0.3, 0.4) is 0 Å². The number of aromatic amines is 1. The number of benzene rings is 1. The Morgan fingerprint density at radius 3 is 2.75 bits per heavy atom. The van der Waals surface area contributed by atoms with Gasteiger partial charge in [-0.25, -0.2) is 4.39 Å². The summed E-state index contributed by atoms with van der Waals surface area (Å²) in [6.07, 6.45) is 2.59. The zero-order valence-corrected chi connectivity index (χ0v) is 15.5. The highest BCUT2D eigenvalue weighted by molar-refractivity contribution is 6.31. The highest BCUT2D eigenvalue weighted by Gasteiger charge is 2.11. The molecule has 0 aliphatic carbocycles. The molecule has 1 aromatic carbocycles. The van der Waals surface area contributed by atoms with Crippen molar-refractivity contribution in [2.75, 3.05) is 6.54 Å². The van der Waals surface area contributed by atoms with Crippen LogP contribution in [0, 0.1) is 5.82 Å². The van der Waals surface area contributed by atoms with Crippen LogP contribution in [-0.2, 0) is 17.6 Å². The Morgan fingerprint density at radius 1 is 1.18 bits per heavy atom. The van der Waals surface area contributed by atoms with Gasteiger partial charge in [0, 0.05) is 43.3 Å². The molecule has 0 bridgehead atoms. The molecule has 2 aromatic heterocycles. The van der Waals surface area contributed by atoms with E-state index in [1.54, 1.807) is 6.20 Å². The molecule has 3 rings (SSSR count). The smallest absolute Gasteiger partial charge is 0.273 e. The maximum Gasteiger partial charge on any atom is 0.273 e. The van der Waals surface area contributed by atoms with E-state index in [-0.39, 0.29) is 35.3 Å². The first kappa shape index (κ1) is 19.6. The van der Waals surface area contributed by atoms with Crippen LogP contribution in [0.25, 0.3) is 11.4 Å². The first-order chi connectivity index (χ1) is 13.5. The lowest BCUT2D eigenvalue weighted by atomic mass is 10.2. The number of carbonyl (C=O) groups excluding carboxylic acids is 1. The summed E-state index contributed by atoms with van der Waals surface area (Å²) in [5.74, 6) is -0.576. The number of hydrogen-bond acceptors (Lipinski definition) is 5. The maximum absolute atomic E-state index is 13.2. The van der Waals surface area contributed by atoms with Crippen molar-refractivity contribution in [3.05, 3.63) is 75.2 Å². The molecule has 1 amide bonds. The molecule has 0 fully saturated rings. The largest absolute Gasteiger partial charge is 0.356 e. The van der Waals surface area contributed by atoms with Gasteiger partial charge in [-0.15, -0.1) is 10.2 Å². The zero-order chi connectivity index (χ0) is 19.9. The van der Waals surface area contributed by atoms with E-state index in [4.69, 9.17) is 11.6 Å². The molecular formula is C19H17ClFN5O2. The summed E-state index contributed by atoms with van der Waals surface area (Å²) in [6.45, 7) is 0.460. The minimum atomic E-state index is -0.564. The quantitative estimate of drug-likeness (QED) is 0.632. The Kier molecular flexibility index (Phi) is 6.44. The summed E-state index contributed by atoms with van der Waals surface area (Å²) in [7, 11) is 0. The van der Waals surface area contributed by atoms with Gasteiger partial charge in [0.1, 0.15) is 11.5 Å². The van der Waals surface area contributed by atoms with Gasteiger partial charge in [0.15, 0.2) is 5.82 Å². The normalized spacial score (nSPS) is 10.6. The molecule has 0 saturated heterocycles. The number of nitrogens with zero attached hydrogens (tertiary/aromatic N) is 3. The van der Waals surface area contributed by atoms with Crippen molar-refractivity contribution < 1.29 is 9.18 Å². The fourth-order valence-corrected chi connectivity index (χ4v) is 2.67. The van der Waals surface area contributed by atoms with Crippen LogP contribution >= 0.6 is 11.6 Å². The number of amides is 1. The van der Waals surface area contributed by atoms with Crippen LogP contribution in [0.1, 0.15) is 17.8 Å². The van der Waals surface area contributed by atoms with Crippen LogP contribution in [0.15, 0.2) is 47.4 Å². The second kappa shape index (κ2) is 9.18. The molecule has 0 unspecified atom stereocenters. The molecule has 0 atom stereocenters. The number of nitrogens with one attached hydrogen (secondary N) is 2. The van der Waals surface area contributed by atoms with Gasteiger partial charge in [-0.2, -0.15) is 0 Å². The van der Waals surface area contributed by atoms with Gasteiger partial charge in [0.05, 0.1) is 5.02 Å². The zero-order valence-electron chi connectivity index (χ0n) is 14.8. The second-order valence-corrected chi connectivity index (χ2v) is 6.41. The van der Waals surface area contributed by atoms with E-state index in [1.165, 1.54) is 18.2 Å². The standard InChI is InChI=1S/C19H17ClFN5O2/c20-14-11-12(4-5-15(14)21)18-24-19(28)16(25-26-18)6-7-17(27)23-10-8-13-3-1-2-9-22-13/h1-5,9,11H,6-8,10H2,(H,23,27)(H,24,26,28). The summed E-state index contributed by atoms with van der Waals surface area (Å²) >= 11 is 5.74. The molecule has 7 nitrogen and oxygen atoms in total. The van der Waals surface area contributed by atoms with Crippen molar-refractivity contribution in [3.8, 4) is 11.4 Å². The van der Waals surface area contributed by atoms with Crippen LogP contribution in [0.4, 0.5) is 4.39 Å². The highest BCUT2D eigenvalue weighted by atomic mass is 35.5. The van der Waals surface area contributed by atoms with Crippen molar-refractivity contribution in [2.24, 2.45) is 0 Å². The topological polar surface area (TPSA) is 101 Å². The maximum atomic E-state index is 13.2. The lowest BCUT2D eigenvalue weighted by Gasteiger charge is -2.05. The monoisotopic (exact) mass is 401 g/mol. The van der Waals surface area contributed by atoms with E-state index in [1.807, 2.05) is 18.2 Å². The molecule has 9 heteroatoms. The molecule has 0 spiro atoms. The van der Waals surface area contributed by atoms with Gasteiger partial charge in [-0.1, -0.05) is 17.7 Å². The lowest BCUT2D eigenvalue weighted by molar-refractivity contribution is -0.121. The van der Waals surface area contributed by atoms with Crippen molar-refractivity contribution in [1.29, 1.82) is 0 Å². The average Bonchev–Trinajstić information content (AvgIpc) is 2.70. The van der Waals surface area contributed by atoms with E-state index in [0.29, 0.717) is 18.5 Å². The molecule has 2 heterocycles.